The first kappa shape index (κ1) is 18.4. The average molecular weight is 386 g/mol. The van der Waals surface area contributed by atoms with E-state index < -0.39 is 8.32 Å². The van der Waals surface area contributed by atoms with Crippen LogP contribution in [0.5, 0.6) is 0 Å². The number of Topliss-reactive ketones (excluding diaryl/α,β-unsaturated/α-hetero) is 1. The second kappa shape index (κ2) is 8.36. The molecule has 4 rings (SSSR count). The summed E-state index contributed by atoms with van der Waals surface area (Å²) in [6, 6.07) is 30.9. The Balaban J connectivity index is 1.91. The molecular formula is C24H23NO2Si. The fraction of sp³-hybridized carbons (Fsp3) is 0.167. The molecular weight excluding hydrogens is 362 g/mol. The van der Waals surface area contributed by atoms with Gasteiger partial charge in [0.15, 0.2) is 5.78 Å². The highest BCUT2D eigenvalue weighted by Crippen LogP contribution is 2.15. The SMILES string of the molecule is O=C1CCCCC1=NO[Si](c1ccccc1)(c1ccccc1)c1ccccc1. The zero-order valence-electron chi connectivity index (χ0n) is 15.8. The topological polar surface area (TPSA) is 38.7 Å². The number of benzene rings is 3. The lowest BCUT2D eigenvalue weighted by Gasteiger charge is -2.30. The first-order valence-corrected chi connectivity index (χ1v) is 11.7. The Morgan fingerprint density at radius 3 is 1.50 bits per heavy atom. The van der Waals surface area contributed by atoms with Crippen molar-refractivity contribution in [3.05, 3.63) is 91.0 Å². The Kier molecular flexibility index (Phi) is 5.49. The lowest BCUT2D eigenvalue weighted by molar-refractivity contribution is -0.113. The van der Waals surface area contributed by atoms with Gasteiger partial charge >= 0.3 is 8.32 Å². The molecule has 140 valence electrons. The highest BCUT2D eigenvalue weighted by atomic mass is 28.4. The third kappa shape index (κ3) is 3.56. The minimum absolute atomic E-state index is 0.114. The van der Waals surface area contributed by atoms with E-state index in [-0.39, 0.29) is 5.78 Å². The highest BCUT2D eigenvalue weighted by Gasteiger charge is 2.45. The maximum absolute atomic E-state index is 12.3. The van der Waals surface area contributed by atoms with Crippen molar-refractivity contribution in [2.75, 3.05) is 0 Å². The summed E-state index contributed by atoms with van der Waals surface area (Å²) in [5.74, 6) is 0.114. The van der Waals surface area contributed by atoms with Gasteiger partial charge in [-0.15, -0.1) is 5.16 Å². The molecule has 3 aromatic carbocycles. The third-order valence-corrected chi connectivity index (χ3v) is 9.03. The van der Waals surface area contributed by atoms with Crippen molar-refractivity contribution in [2.24, 2.45) is 5.16 Å². The van der Waals surface area contributed by atoms with Crippen LogP contribution in [-0.4, -0.2) is 19.8 Å². The van der Waals surface area contributed by atoms with Crippen LogP contribution in [0.4, 0.5) is 0 Å². The number of hydrogen-bond acceptors (Lipinski definition) is 3. The molecule has 0 atom stereocenters. The molecule has 0 aromatic heterocycles. The predicted molar refractivity (Wildman–Crippen MR) is 116 cm³/mol. The van der Waals surface area contributed by atoms with Crippen LogP contribution < -0.4 is 15.6 Å². The number of hydrogen-bond donors (Lipinski definition) is 0. The van der Waals surface area contributed by atoms with Gasteiger partial charge in [0.2, 0.25) is 0 Å². The molecule has 3 nitrogen and oxygen atoms in total. The van der Waals surface area contributed by atoms with Crippen LogP contribution in [0.25, 0.3) is 0 Å². The Bertz CT molecular complexity index is 859. The van der Waals surface area contributed by atoms with E-state index in [0.717, 1.165) is 28.4 Å². The van der Waals surface area contributed by atoms with Gasteiger partial charge in [0.1, 0.15) is 5.71 Å². The first-order valence-electron chi connectivity index (χ1n) is 9.75. The van der Waals surface area contributed by atoms with Gasteiger partial charge < -0.3 is 4.53 Å². The number of ketones is 1. The Hall–Kier alpha value is -2.98. The van der Waals surface area contributed by atoms with E-state index in [2.05, 4.69) is 41.6 Å². The minimum Gasteiger partial charge on any atom is -0.438 e. The van der Waals surface area contributed by atoms with Crippen LogP contribution in [0.15, 0.2) is 96.2 Å². The molecule has 28 heavy (non-hydrogen) atoms. The summed E-state index contributed by atoms with van der Waals surface area (Å²) in [5, 5.41) is 7.83. The van der Waals surface area contributed by atoms with Crippen molar-refractivity contribution >= 4 is 35.4 Å². The van der Waals surface area contributed by atoms with E-state index in [1.165, 1.54) is 0 Å². The average Bonchev–Trinajstić information content (AvgIpc) is 2.78. The van der Waals surface area contributed by atoms with E-state index >= 15 is 0 Å². The Labute approximate surface area is 166 Å². The summed E-state index contributed by atoms with van der Waals surface area (Å²) in [6.45, 7) is 0. The van der Waals surface area contributed by atoms with E-state index in [0.29, 0.717) is 18.6 Å². The summed E-state index contributed by atoms with van der Waals surface area (Å²) in [7, 11) is -2.88. The third-order valence-electron chi connectivity index (χ3n) is 5.22. The van der Waals surface area contributed by atoms with Crippen molar-refractivity contribution in [2.45, 2.75) is 25.7 Å². The molecule has 0 unspecified atom stereocenters. The first-order chi connectivity index (χ1) is 13.8. The molecule has 3 aromatic rings. The quantitative estimate of drug-likeness (QED) is 0.384. The molecule has 0 heterocycles. The zero-order chi connectivity index (χ0) is 19.2. The molecule has 1 aliphatic rings. The molecule has 0 radical (unpaired) electrons. The van der Waals surface area contributed by atoms with Gasteiger partial charge in [0, 0.05) is 6.42 Å². The van der Waals surface area contributed by atoms with Crippen molar-refractivity contribution in [3.8, 4) is 0 Å². The maximum Gasteiger partial charge on any atom is 0.380 e. The highest BCUT2D eigenvalue weighted by molar-refractivity contribution is 7.07. The summed E-state index contributed by atoms with van der Waals surface area (Å²) in [6.07, 6.45) is 3.20. The molecule has 0 aliphatic heterocycles. The summed E-state index contributed by atoms with van der Waals surface area (Å²) < 4.78 is 6.50. The van der Waals surface area contributed by atoms with Crippen molar-refractivity contribution in [1.29, 1.82) is 0 Å². The van der Waals surface area contributed by atoms with Crippen LogP contribution in [0.3, 0.4) is 0 Å². The van der Waals surface area contributed by atoms with Gasteiger partial charge in [-0.05, 0) is 34.8 Å². The Morgan fingerprint density at radius 1 is 0.643 bits per heavy atom. The number of rotatable bonds is 5. The smallest absolute Gasteiger partial charge is 0.380 e. The predicted octanol–water partition coefficient (Wildman–Crippen LogP) is 3.17. The molecule has 1 saturated carbocycles. The van der Waals surface area contributed by atoms with Crippen LogP contribution in [0.1, 0.15) is 25.7 Å². The molecule has 0 amide bonds. The van der Waals surface area contributed by atoms with Crippen molar-refractivity contribution in [1.82, 2.24) is 0 Å². The normalized spacial score (nSPS) is 16.1. The fourth-order valence-electron chi connectivity index (χ4n) is 3.76. The van der Waals surface area contributed by atoms with E-state index in [4.69, 9.17) is 4.53 Å². The van der Waals surface area contributed by atoms with Gasteiger partial charge in [-0.2, -0.15) is 0 Å². The fourth-order valence-corrected chi connectivity index (χ4v) is 7.31. The molecule has 1 fully saturated rings. The standard InChI is InChI=1S/C24H23NO2Si/c26-24-19-11-10-18-23(24)25-27-28(20-12-4-1-5-13-20,21-14-6-2-7-15-21)22-16-8-3-9-17-22/h1-9,12-17H,10-11,18-19H2. The molecule has 0 bridgehead atoms. The molecule has 1 aliphatic carbocycles. The van der Waals surface area contributed by atoms with E-state index in [1.54, 1.807) is 0 Å². The number of nitrogens with zero attached hydrogens (tertiary/aromatic N) is 1. The second-order valence-electron chi connectivity index (χ2n) is 7.04. The van der Waals surface area contributed by atoms with Crippen molar-refractivity contribution < 1.29 is 9.32 Å². The largest absolute Gasteiger partial charge is 0.438 e. The monoisotopic (exact) mass is 385 g/mol. The summed E-state index contributed by atoms with van der Waals surface area (Å²) >= 11 is 0. The lowest BCUT2D eigenvalue weighted by Crippen LogP contribution is -2.68. The molecule has 4 heteroatoms. The number of oxime groups is 1. The van der Waals surface area contributed by atoms with Gasteiger partial charge in [0.05, 0.1) is 0 Å². The number of carbonyl (C=O) groups excluding carboxylic acids is 1. The van der Waals surface area contributed by atoms with Gasteiger partial charge in [-0.25, -0.2) is 0 Å². The maximum atomic E-state index is 12.3. The number of carbonyl (C=O) groups is 1. The van der Waals surface area contributed by atoms with E-state index in [1.807, 2.05) is 54.6 Å². The lowest BCUT2D eigenvalue weighted by atomic mass is 9.97. The summed E-state index contributed by atoms with van der Waals surface area (Å²) in [4.78, 5) is 12.3. The van der Waals surface area contributed by atoms with Gasteiger partial charge in [-0.1, -0.05) is 91.0 Å². The molecule has 0 spiro atoms. The summed E-state index contributed by atoms with van der Waals surface area (Å²) in [5.41, 5.74) is 0.575. The van der Waals surface area contributed by atoms with Crippen molar-refractivity contribution in [3.63, 3.8) is 0 Å². The van der Waals surface area contributed by atoms with Crippen LogP contribution in [0.2, 0.25) is 0 Å². The zero-order valence-corrected chi connectivity index (χ0v) is 16.8. The van der Waals surface area contributed by atoms with E-state index in [9.17, 15) is 4.79 Å². The van der Waals surface area contributed by atoms with Gasteiger partial charge in [-0.3, -0.25) is 4.79 Å². The molecule has 0 saturated heterocycles. The molecule has 0 N–H and O–H groups in total. The van der Waals surface area contributed by atoms with Crippen LogP contribution >= 0.6 is 0 Å². The van der Waals surface area contributed by atoms with Gasteiger partial charge in [0.25, 0.3) is 0 Å². The van der Waals surface area contributed by atoms with Crippen LogP contribution in [0, 0.1) is 0 Å². The Morgan fingerprint density at radius 2 is 1.07 bits per heavy atom. The second-order valence-corrected chi connectivity index (χ2v) is 10.3. The van der Waals surface area contributed by atoms with Crippen LogP contribution in [-0.2, 0) is 9.32 Å². The minimum atomic E-state index is -2.88.